The predicted molar refractivity (Wildman–Crippen MR) is 106 cm³/mol. The van der Waals surface area contributed by atoms with Crippen molar-refractivity contribution < 1.29 is 9.59 Å². The molecule has 0 saturated carbocycles. The Morgan fingerprint density at radius 1 is 0.962 bits per heavy atom. The SMILES string of the molecule is CC(=O)Nc1cccc(NC(=O)c2csc(-c3ccc(C)cc3)n2)c1C. The zero-order valence-corrected chi connectivity index (χ0v) is 15.6. The molecule has 2 N–H and O–H groups in total. The van der Waals surface area contributed by atoms with Gasteiger partial charge in [0.05, 0.1) is 0 Å². The number of nitrogens with one attached hydrogen (secondary N) is 2. The van der Waals surface area contributed by atoms with Crippen LogP contribution in [0.1, 0.15) is 28.5 Å². The lowest BCUT2D eigenvalue weighted by Gasteiger charge is -2.12. The number of hydrogen-bond acceptors (Lipinski definition) is 4. The van der Waals surface area contributed by atoms with Gasteiger partial charge in [0.15, 0.2) is 0 Å². The second-order valence-corrected chi connectivity index (χ2v) is 6.88. The Labute approximate surface area is 156 Å². The number of thiazole rings is 1. The molecule has 0 saturated heterocycles. The number of aryl methyl sites for hydroxylation is 1. The molecule has 3 rings (SSSR count). The van der Waals surface area contributed by atoms with Gasteiger partial charge in [-0.1, -0.05) is 35.9 Å². The maximum absolute atomic E-state index is 12.5. The lowest BCUT2D eigenvalue weighted by atomic mass is 10.1. The quantitative estimate of drug-likeness (QED) is 0.708. The van der Waals surface area contributed by atoms with E-state index in [-0.39, 0.29) is 11.8 Å². The summed E-state index contributed by atoms with van der Waals surface area (Å²) in [4.78, 5) is 28.3. The van der Waals surface area contributed by atoms with Gasteiger partial charge < -0.3 is 10.6 Å². The van der Waals surface area contributed by atoms with Crippen LogP contribution in [0, 0.1) is 13.8 Å². The van der Waals surface area contributed by atoms with Crippen LogP contribution >= 0.6 is 11.3 Å². The molecule has 0 aliphatic rings. The molecule has 5 nitrogen and oxygen atoms in total. The Hall–Kier alpha value is -2.99. The maximum Gasteiger partial charge on any atom is 0.275 e. The van der Waals surface area contributed by atoms with Crippen LogP contribution < -0.4 is 10.6 Å². The number of amides is 2. The van der Waals surface area contributed by atoms with Crippen molar-refractivity contribution >= 4 is 34.5 Å². The molecule has 0 unspecified atom stereocenters. The average molecular weight is 365 g/mol. The van der Waals surface area contributed by atoms with Crippen LogP contribution in [-0.2, 0) is 4.79 Å². The minimum atomic E-state index is -0.275. The fourth-order valence-corrected chi connectivity index (χ4v) is 3.30. The molecule has 1 heterocycles. The summed E-state index contributed by atoms with van der Waals surface area (Å²) in [6.45, 7) is 5.33. The number of rotatable bonds is 4. The highest BCUT2D eigenvalue weighted by atomic mass is 32.1. The summed E-state index contributed by atoms with van der Waals surface area (Å²) in [6.07, 6.45) is 0. The Morgan fingerprint density at radius 2 is 1.62 bits per heavy atom. The van der Waals surface area contributed by atoms with E-state index in [1.54, 1.807) is 23.6 Å². The van der Waals surface area contributed by atoms with E-state index in [1.165, 1.54) is 23.8 Å². The molecule has 0 spiro atoms. The molecule has 6 heteroatoms. The molecule has 0 radical (unpaired) electrons. The van der Waals surface area contributed by atoms with Crippen LogP contribution in [0.25, 0.3) is 10.6 Å². The molecule has 2 aromatic carbocycles. The number of nitrogens with zero attached hydrogens (tertiary/aromatic N) is 1. The number of aromatic nitrogens is 1. The fraction of sp³-hybridized carbons (Fsp3) is 0.150. The maximum atomic E-state index is 12.5. The van der Waals surface area contributed by atoms with Gasteiger partial charge in [-0.3, -0.25) is 9.59 Å². The molecule has 0 aliphatic carbocycles. The van der Waals surface area contributed by atoms with Crippen molar-refractivity contribution in [1.29, 1.82) is 0 Å². The first-order chi connectivity index (χ1) is 12.4. The molecule has 0 atom stereocenters. The molecule has 2 amide bonds. The second-order valence-electron chi connectivity index (χ2n) is 6.02. The minimum Gasteiger partial charge on any atom is -0.326 e. The van der Waals surface area contributed by atoms with Crippen LogP contribution in [0.4, 0.5) is 11.4 Å². The Kier molecular flexibility index (Phi) is 5.14. The molecule has 0 aliphatic heterocycles. The third kappa shape index (κ3) is 3.97. The van der Waals surface area contributed by atoms with Gasteiger partial charge in [0, 0.05) is 29.2 Å². The fourth-order valence-electron chi connectivity index (χ4n) is 2.49. The van der Waals surface area contributed by atoms with Crippen LogP contribution in [0.15, 0.2) is 47.8 Å². The number of benzene rings is 2. The lowest BCUT2D eigenvalue weighted by Crippen LogP contribution is -2.14. The highest BCUT2D eigenvalue weighted by Crippen LogP contribution is 2.26. The van der Waals surface area contributed by atoms with E-state index in [9.17, 15) is 9.59 Å². The van der Waals surface area contributed by atoms with E-state index >= 15 is 0 Å². The van der Waals surface area contributed by atoms with E-state index in [4.69, 9.17) is 0 Å². The monoisotopic (exact) mass is 365 g/mol. The van der Waals surface area contributed by atoms with Crippen molar-refractivity contribution in [3.8, 4) is 10.6 Å². The van der Waals surface area contributed by atoms with Gasteiger partial charge in [-0.15, -0.1) is 11.3 Å². The third-order valence-electron chi connectivity index (χ3n) is 3.93. The van der Waals surface area contributed by atoms with Crippen molar-refractivity contribution in [3.05, 3.63) is 64.7 Å². The Bertz CT molecular complexity index is 961. The van der Waals surface area contributed by atoms with Crippen molar-refractivity contribution in [1.82, 2.24) is 4.98 Å². The zero-order chi connectivity index (χ0) is 18.7. The van der Waals surface area contributed by atoms with Crippen LogP contribution in [0.3, 0.4) is 0 Å². The van der Waals surface area contributed by atoms with E-state index in [0.29, 0.717) is 17.1 Å². The lowest BCUT2D eigenvalue weighted by molar-refractivity contribution is -0.114. The first kappa shape index (κ1) is 17.8. The first-order valence-electron chi connectivity index (χ1n) is 8.15. The molecular weight excluding hydrogens is 346 g/mol. The van der Waals surface area contributed by atoms with Gasteiger partial charge in [-0.25, -0.2) is 4.98 Å². The molecule has 0 bridgehead atoms. The summed E-state index contributed by atoms with van der Waals surface area (Å²) in [5, 5.41) is 8.17. The smallest absolute Gasteiger partial charge is 0.275 e. The summed E-state index contributed by atoms with van der Waals surface area (Å²) in [5.41, 5.74) is 4.65. The highest BCUT2D eigenvalue weighted by molar-refractivity contribution is 7.13. The predicted octanol–water partition coefficient (Wildman–Crippen LogP) is 4.64. The van der Waals surface area contributed by atoms with Crippen LogP contribution in [-0.4, -0.2) is 16.8 Å². The molecule has 0 fully saturated rings. The average Bonchev–Trinajstić information content (AvgIpc) is 3.09. The first-order valence-corrected chi connectivity index (χ1v) is 9.03. The second kappa shape index (κ2) is 7.49. The number of hydrogen-bond donors (Lipinski definition) is 2. The summed E-state index contributed by atoms with van der Waals surface area (Å²) < 4.78 is 0. The molecular formula is C20H19N3O2S. The standard InChI is InChI=1S/C20H19N3O2S/c1-12-7-9-15(10-8-12)20-23-18(11-26-20)19(25)22-17-6-4-5-16(13(17)2)21-14(3)24/h4-11H,1-3H3,(H,21,24)(H,22,25). The number of anilines is 2. The number of carbonyl (C=O) groups excluding carboxylic acids is 2. The molecule has 1 aromatic heterocycles. The van der Waals surface area contributed by atoms with Crippen molar-refractivity contribution in [2.75, 3.05) is 10.6 Å². The summed E-state index contributed by atoms with van der Waals surface area (Å²) in [6, 6.07) is 13.4. The minimum absolute atomic E-state index is 0.154. The van der Waals surface area contributed by atoms with E-state index in [1.807, 2.05) is 38.1 Å². The van der Waals surface area contributed by atoms with Crippen molar-refractivity contribution in [3.63, 3.8) is 0 Å². The molecule has 132 valence electrons. The van der Waals surface area contributed by atoms with E-state index < -0.39 is 0 Å². The largest absolute Gasteiger partial charge is 0.326 e. The normalized spacial score (nSPS) is 10.4. The van der Waals surface area contributed by atoms with Gasteiger partial charge in [0.1, 0.15) is 10.7 Å². The summed E-state index contributed by atoms with van der Waals surface area (Å²) in [5.74, 6) is -0.429. The highest BCUT2D eigenvalue weighted by Gasteiger charge is 2.14. The van der Waals surface area contributed by atoms with Crippen molar-refractivity contribution in [2.24, 2.45) is 0 Å². The van der Waals surface area contributed by atoms with Gasteiger partial charge in [0.2, 0.25) is 5.91 Å². The molecule has 3 aromatic rings. The summed E-state index contributed by atoms with van der Waals surface area (Å²) in [7, 11) is 0. The van der Waals surface area contributed by atoms with Crippen molar-refractivity contribution in [2.45, 2.75) is 20.8 Å². The third-order valence-corrected chi connectivity index (χ3v) is 4.82. The van der Waals surface area contributed by atoms with Gasteiger partial charge >= 0.3 is 0 Å². The van der Waals surface area contributed by atoms with E-state index in [2.05, 4.69) is 15.6 Å². The van der Waals surface area contributed by atoms with Gasteiger partial charge in [-0.05, 0) is 31.5 Å². The van der Waals surface area contributed by atoms with Crippen LogP contribution in [0.2, 0.25) is 0 Å². The topological polar surface area (TPSA) is 71.1 Å². The zero-order valence-electron chi connectivity index (χ0n) is 14.8. The Balaban J connectivity index is 1.79. The van der Waals surface area contributed by atoms with E-state index in [0.717, 1.165) is 16.1 Å². The molecule has 26 heavy (non-hydrogen) atoms. The summed E-state index contributed by atoms with van der Waals surface area (Å²) >= 11 is 1.43. The van der Waals surface area contributed by atoms with Gasteiger partial charge in [-0.2, -0.15) is 0 Å². The van der Waals surface area contributed by atoms with Gasteiger partial charge in [0.25, 0.3) is 5.91 Å². The number of carbonyl (C=O) groups is 2. The Morgan fingerprint density at radius 3 is 2.27 bits per heavy atom. The van der Waals surface area contributed by atoms with Crippen LogP contribution in [0.5, 0.6) is 0 Å².